The second-order valence-corrected chi connectivity index (χ2v) is 9.72. The lowest BCUT2D eigenvalue weighted by Crippen LogP contribution is -2.37. The zero-order valence-electron chi connectivity index (χ0n) is 21.0. The summed E-state index contributed by atoms with van der Waals surface area (Å²) in [6.45, 7) is 1.32. The molecule has 0 radical (unpaired) electrons. The predicted octanol–water partition coefficient (Wildman–Crippen LogP) is 4.51. The van der Waals surface area contributed by atoms with Crippen LogP contribution in [0.3, 0.4) is 0 Å². The second-order valence-electron chi connectivity index (χ2n) is 9.72. The molecule has 2 aromatic carbocycles. The van der Waals surface area contributed by atoms with Crippen LogP contribution >= 0.6 is 0 Å². The highest BCUT2D eigenvalue weighted by molar-refractivity contribution is 5.86. The van der Waals surface area contributed by atoms with E-state index in [0.29, 0.717) is 13.1 Å². The van der Waals surface area contributed by atoms with Crippen molar-refractivity contribution < 1.29 is 23.8 Å². The van der Waals surface area contributed by atoms with Crippen molar-refractivity contribution in [3.05, 3.63) is 98.7 Å². The molecule has 0 saturated heterocycles. The van der Waals surface area contributed by atoms with Crippen molar-refractivity contribution >= 4 is 22.9 Å². The fourth-order valence-electron chi connectivity index (χ4n) is 5.44. The van der Waals surface area contributed by atoms with Gasteiger partial charge in [-0.2, -0.15) is 0 Å². The summed E-state index contributed by atoms with van der Waals surface area (Å²) in [6, 6.07) is 17.0. The predicted molar refractivity (Wildman–Crippen MR) is 142 cm³/mol. The van der Waals surface area contributed by atoms with E-state index in [4.69, 9.17) is 13.9 Å². The van der Waals surface area contributed by atoms with Gasteiger partial charge in [0.05, 0.1) is 12.5 Å². The van der Waals surface area contributed by atoms with E-state index in [-0.39, 0.29) is 37.1 Å². The van der Waals surface area contributed by atoms with Crippen LogP contribution in [0.5, 0.6) is 11.5 Å². The number of aromatic nitrogens is 1. The fourth-order valence-corrected chi connectivity index (χ4v) is 5.44. The molecule has 0 spiro atoms. The number of nitrogens with one attached hydrogen (secondary N) is 1. The molecule has 38 heavy (non-hydrogen) atoms. The van der Waals surface area contributed by atoms with E-state index in [1.165, 1.54) is 24.1 Å². The molecular weight excluding hydrogens is 484 g/mol. The third-order valence-electron chi connectivity index (χ3n) is 7.32. The lowest BCUT2D eigenvalue weighted by molar-refractivity contribution is -0.132. The summed E-state index contributed by atoms with van der Waals surface area (Å²) < 4.78 is 17.1. The lowest BCUT2D eigenvalue weighted by atomic mass is 9.88. The topological polar surface area (TPSA) is 105 Å². The first-order chi connectivity index (χ1) is 18.5. The van der Waals surface area contributed by atoms with Crippen molar-refractivity contribution in [3.63, 3.8) is 0 Å². The van der Waals surface area contributed by atoms with Crippen LogP contribution in [0.1, 0.15) is 40.7 Å². The first-order valence-electron chi connectivity index (χ1n) is 12.6. The summed E-state index contributed by atoms with van der Waals surface area (Å²) in [5.74, 6) is -0.221. The number of amides is 1. The Morgan fingerprint density at radius 3 is 2.87 bits per heavy atom. The summed E-state index contributed by atoms with van der Waals surface area (Å²) in [4.78, 5) is 31.6. The number of hydrogen-bond donors (Lipinski definition) is 2. The van der Waals surface area contributed by atoms with Crippen LogP contribution in [-0.4, -0.2) is 41.2 Å². The van der Waals surface area contributed by atoms with E-state index in [1.807, 2.05) is 53.4 Å². The summed E-state index contributed by atoms with van der Waals surface area (Å²) in [5, 5.41) is 12.0. The van der Waals surface area contributed by atoms with Crippen molar-refractivity contribution in [1.29, 1.82) is 0 Å². The van der Waals surface area contributed by atoms with Crippen LogP contribution in [0.2, 0.25) is 0 Å². The first kappa shape index (κ1) is 24.1. The number of fused-ring (bicyclic) bond motifs is 4. The molecule has 4 heterocycles. The minimum atomic E-state index is -0.690. The monoisotopic (exact) mass is 512 g/mol. The molecule has 0 aliphatic carbocycles. The van der Waals surface area contributed by atoms with Crippen molar-refractivity contribution in [2.75, 3.05) is 20.3 Å². The van der Waals surface area contributed by atoms with E-state index in [2.05, 4.69) is 11.1 Å². The number of aromatic amines is 1. The quantitative estimate of drug-likeness (QED) is 0.394. The molecule has 8 nitrogen and oxygen atoms in total. The van der Waals surface area contributed by atoms with Gasteiger partial charge in [0, 0.05) is 48.3 Å². The Morgan fingerprint density at radius 2 is 2.00 bits per heavy atom. The highest BCUT2D eigenvalue weighted by atomic mass is 16.5. The Bertz CT molecular complexity index is 1610. The molecule has 1 amide bonds. The number of rotatable bonds is 6. The Balaban J connectivity index is 1.35. The standard InChI is InChI=1S/C30H28N2O6/c1-36-17-20-13-26(33)29(35)30(38-20)23(19-12-18-6-2-5-9-27(18)37-16-19)14-28(34)32-11-10-22-21-7-3-4-8-24(21)31-25(22)15-32/h2-9,12-13,23,31,35H,10-11,14-17H2,1H3/t23-/m1/s1. The number of nitrogens with zero attached hydrogens (tertiary/aromatic N) is 1. The zero-order valence-corrected chi connectivity index (χ0v) is 21.0. The van der Waals surface area contributed by atoms with Crippen molar-refractivity contribution in [2.45, 2.75) is 31.9 Å². The molecule has 194 valence electrons. The average molecular weight is 513 g/mol. The van der Waals surface area contributed by atoms with Crippen LogP contribution in [0.4, 0.5) is 0 Å². The van der Waals surface area contributed by atoms with E-state index >= 15 is 0 Å². The number of benzene rings is 2. The average Bonchev–Trinajstić information content (AvgIpc) is 3.31. The van der Waals surface area contributed by atoms with Gasteiger partial charge in [0.2, 0.25) is 17.1 Å². The van der Waals surface area contributed by atoms with Gasteiger partial charge in [0.25, 0.3) is 0 Å². The molecule has 8 heteroatoms. The van der Waals surface area contributed by atoms with Gasteiger partial charge < -0.3 is 28.9 Å². The second kappa shape index (κ2) is 9.87. The van der Waals surface area contributed by atoms with Gasteiger partial charge in [-0.3, -0.25) is 9.59 Å². The summed E-state index contributed by atoms with van der Waals surface area (Å²) >= 11 is 0. The van der Waals surface area contributed by atoms with Crippen LogP contribution in [0.25, 0.3) is 17.0 Å². The Morgan fingerprint density at radius 1 is 1.18 bits per heavy atom. The number of ether oxygens (including phenoxy) is 2. The Hall–Kier alpha value is -4.30. The largest absolute Gasteiger partial charge is 0.502 e. The van der Waals surface area contributed by atoms with Crippen LogP contribution in [0.15, 0.2) is 69.4 Å². The molecule has 0 saturated carbocycles. The molecule has 6 rings (SSSR count). The smallest absolute Gasteiger partial charge is 0.227 e. The lowest BCUT2D eigenvalue weighted by Gasteiger charge is -2.30. The summed E-state index contributed by atoms with van der Waals surface area (Å²) in [7, 11) is 1.50. The maximum atomic E-state index is 13.7. The molecule has 0 unspecified atom stereocenters. The molecule has 4 aromatic rings. The molecule has 2 aliphatic rings. The van der Waals surface area contributed by atoms with E-state index in [1.54, 1.807) is 0 Å². The van der Waals surface area contributed by atoms with Gasteiger partial charge in [-0.05, 0) is 35.8 Å². The molecule has 0 fully saturated rings. The SMILES string of the molecule is COCc1cc(=O)c(O)c([C@H](CC(=O)N2CCc3c([nH]c4ccccc34)C2)C2=Cc3ccccc3OC2)o1. The van der Waals surface area contributed by atoms with Gasteiger partial charge in [-0.25, -0.2) is 0 Å². The maximum Gasteiger partial charge on any atom is 0.227 e. The van der Waals surface area contributed by atoms with E-state index in [9.17, 15) is 14.7 Å². The van der Waals surface area contributed by atoms with Crippen LogP contribution in [0, 0.1) is 0 Å². The number of hydrogen-bond acceptors (Lipinski definition) is 6. The minimum Gasteiger partial charge on any atom is -0.502 e. The fraction of sp³-hybridized carbons (Fsp3) is 0.267. The highest BCUT2D eigenvalue weighted by Crippen LogP contribution is 2.39. The molecule has 1 atom stereocenters. The summed E-state index contributed by atoms with van der Waals surface area (Å²) in [6.07, 6.45) is 2.71. The third kappa shape index (κ3) is 4.37. The molecule has 0 bridgehead atoms. The van der Waals surface area contributed by atoms with Gasteiger partial charge in [-0.1, -0.05) is 36.4 Å². The zero-order chi connectivity index (χ0) is 26.2. The first-order valence-corrected chi connectivity index (χ1v) is 12.6. The molecule has 2 aromatic heterocycles. The van der Waals surface area contributed by atoms with Gasteiger partial charge in [0.15, 0.2) is 5.76 Å². The third-order valence-corrected chi connectivity index (χ3v) is 7.32. The number of aromatic hydroxyl groups is 1. The van der Waals surface area contributed by atoms with Gasteiger partial charge in [-0.15, -0.1) is 0 Å². The number of methoxy groups -OCH3 is 1. The summed E-state index contributed by atoms with van der Waals surface area (Å²) in [5.41, 5.74) is 4.38. The van der Waals surface area contributed by atoms with Crippen LogP contribution in [-0.2, 0) is 29.1 Å². The normalized spacial score (nSPS) is 15.4. The number of H-pyrrole nitrogens is 1. The number of carbonyl (C=O) groups is 1. The van der Waals surface area contributed by atoms with E-state index < -0.39 is 17.1 Å². The van der Waals surface area contributed by atoms with Crippen molar-refractivity contribution in [1.82, 2.24) is 9.88 Å². The van der Waals surface area contributed by atoms with Crippen molar-refractivity contribution in [3.8, 4) is 11.5 Å². The molecule has 2 aliphatic heterocycles. The number of para-hydroxylation sites is 2. The van der Waals surface area contributed by atoms with Crippen LogP contribution < -0.4 is 10.2 Å². The Kier molecular flexibility index (Phi) is 6.25. The maximum absolute atomic E-state index is 13.7. The molecular formula is C30H28N2O6. The molecule has 2 N–H and O–H groups in total. The van der Waals surface area contributed by atoms with Gasteiger partial charge in [0.1, 0.15) is 24.7 Å². The Labute approximate surface area is 219 Å². The van der Waals surface area contributed by atoms with E-state index in [0.717, 1.165) is 34.5 Å². The minimum absolute atomic E-state index is 0.0137. The number of carbonyl (C=O) groups excluding carboxylic acids is 1. The highest BCUT2D eigenvalue weighted by Gasteiger charge is 2.32. The van der Waals surface area contributed by atoms with Gasteiger partial charge >= 0.3 is 0 Å². The van der Waals surface area contributed by atoms with Crippen molar-refractivity contribution in [2.24, 2.45) is 0 Å².